The number of carbonyl (C=O) groups excluding carboxylic acids is 1. The highest BCUT2D eigenvalue weighted by Gasteiger charge is 2.26. The second-order valence-electron chi connectivity index (χ2n) is 3.77. The molecule has 3 heteroatoms. The first-order chi connectivity index (χ1) is 6.79. The molecule has 1 heterocycles. The van der Waals surface area contributed by atoms with E-state index in [-0.39, 0.29) is 5.91 Å². The Morgan fingerprint density at radius 1 is 1.71 bits per heavy atom. The largest absolute Gasteiger partial charge is 0.338 e. The van der Waals surface area contributed by atoms with E-state index in [1.807, 2.05) is 11.9 Å². The predicted octanol–water partition coefficient (Wildman–Crippen LogP) is 1.16. The van der Waals surface area contributed by atoms with E-state index in [0.717, 1.165) is 32.4 Å². The van der Waals surface area contributed by atoms with Crippen LogP contribution in [0, 0.1) is 0 Å². The van der Waals surface area contributed by atoms with E-state index >= 15 is 0 Å². The number of likely N-dealkylation sites (N-methyl/N-ethyl adjacent to an activating group) is 1. The molecule has 0 bridgehead atoms. The Balaban J connectivity index is 2.40. The van der Waals surface area contributed by atoms with Gasteiger partial charge in [0.05, 0.1) is 0 Å². The fourth-order valence-corrected chi connectivity index (χ4v) is 1.98. The summed E-state index contributed by atoms with van der Waals surface area (Å²) in [7, 11) is 1.94. The number of hydrogen-bond acceptors (Lipinski definition) is 2. The monoisotopic (exact) mass is 196 g/mol. The Hall–Kier alpha value is -0.830. The molecule has 0 aliphatic carbocycles. The molecule has 0 saturated carbocycles. The van der Waals surface area contributed by atoms with Crippen molar-refractivity contribution in [2.45, 2.75) is 31.7 Å². The van der Waals surface area contributed by atoms with Crippen molar-refractivity contribution in [3.05, 3.63) is 12.7 Å². The molecule has 1 amide bonds. The van der Waals surface area contributed by atoms with Crippen molar-refractivity contribution in [3.8, 4) is 0 Å². The van der Waals surface area contributed by atoms with E-state index in [4.69, 9.17) is 0 Å². The molecule has 0 aromatic carbocycles. The molecule has 14 heavy (non-hydrogen) atoms. The zero-order chi connectivity index (χ0) is 10.4. The van der Waals surface area contributed by atoms with Gasteiger partial charge in [-0.1, -0.05) is 6.08 Å². The van der Waals surface area contributed by atoms with Gasteiger partial charge in [0, 0.05) is 25.6 Å². The minimum absolute atomic E-state index is 0.280. The maximum atomic E-state index is 11.7. The first-order valence-corrected chi connectivity index (χ1v) is 5.34. The maximum absolute atomic E-state index is 11.7. The van der Waals surface area contributed by atoms with Gasteiger partial charge in [-0.2, -0.15) is 0 Å². The molecule has 0 radical (unpaired) electrons. The van der Waals surface area contributed by atoms with Crippen LogP contribution in [0.1, 0.15) is 25.7 Å². The number of allylic oxidation sites excluding steroid dienone is 1. The molecule has 0 aromatic rings. The summed E-state index contributed by atoms with van der Waals surface area (Å²) < 4.78 is 0. The Morgan fingerprint density at radius 3 is 3.14 bits per heavy atom. The SMILES string of the molecule is C=CCCC(=O)N1CCCC1CNC. The molecule has 1 aliphatic heterocycles. The Kier molecular flexibility index (Phi) is 4.66. The van der Waals surface area contributed by atoms with Crippen molar-refractivity contribution in [3.63, 3.8) is 0 Å². The Labute approximate surface area is 86.2 Å². The summed E-state index contributed by atoms with van der Waals surface area (Å²) in [5.41, 5.74) is 0. The lowest BCUT2D eigenvalue weighted by atomic mass is 10.2. The summed E-state index contributed by atoms with van der Waals surface area (Å²) in [6.07, 6.45) is 5.50. The molecule has 0 spiro atoms. The van der Waals surface area contributed by atoms with E-state index in [9.17, 15) is 4.79 Å². The van der Waals surface area contributed by atoms with Gasteiger partial charge in [-0.05, 0) is 26.3 Å². The molecular formula is C11H20N2O. The van der Waals surface area contributed by atoms with Gasteiger partial charge < -0.3 is 10.2 Å². The number of hydrogen-bond donors (Lipinski definition) is 1. The lowest BCUT2D eigenvalue weighted by Gasteiger charge is -2.24. The van der Waals surface area contributed by atoms with Crippen LogP contribution in [0.2, 0.25) is 0 Å². The number of nitrogens with zero attached hydrogens (tertiary/aromatic N) is 1. The van der Waals surface area contributed by atoms with Gasteiger partial charge in [0.25, 0.3) is 0 Å². The zero-order valence-corrected chi connectivity index (χ0v) is 8.96. The molecule has 1 rings (SSSR count). The van der Waals surface area contributed by atoms with E-state index in [0.29, 0.717) is 12.5 Å². The molecule has 0 aromatic heterocycles. The molecular weight excluding hydrogens is 176 g/mol. The molecule has 1 saturated heterocycles. The van der Waals surface area contributed by atoms with Crippen LogP contribution in [0.4, 0.5) is 0 Å². The van der Waals surface area contributed by atoms with Gasteiger partial charge in [-0.15, -0.1) is 6.58 Å². The summed E-state index contributed by atoms with van der Waals surface area (Å²) in [4.78, 5) is 13.8. The second-order valence-corrected chi connectivity index (χ2v) is 3.77. The third kappa shape index (κ3) is 2.84. The van der Waals surface area contributed by atoms with E-state index in [1.54, 1.807) is 6.08 Å². The Morgan fingerprint density at radius 2 is 2.50 bits per heavy atom. The van der Waals surface area contributed by atoms with Crippen molar-refractivity contribution in [2.75, 3.05) is 20.1 Å². The molecule has 1 aliphatic rings. The minimum atomic E-state index is 0.280. The average molecular weight is 196 g/mol. The highest BCUT2D eigenvalue weighted by Crippen LogP contribution is 2.17. The fourth-order valence-electron chi connectivity index (χ4n) is 1.98. The number of nitrogens with one attached hydrogen (secondary N) is 1. The highest BCUT2D eigenvalue weighted by molar-refractivity contribution is 5.77. The van der Waals surface area contributed by atoms with Gasteiger partial charge in [0.1, 0.15) is 0 Å². The summed E-state index contributed by atoms with van der Waals surface area (Å²) >= 11 is 0. The van der Waals surface area contributed by atoms with Crippen LogP contribution in [-0.2, 0) is 4.79 Å². The van der Waals surface area contributed by atoms with Gasteiger partial charge in [-0.3, -0.25) is 4.79 Å². The minimum Gasteiger partial charge on any atom is -0.338 e. The van der Waals surface area contributed by atoms with Crippen molar-refractivity contribution in [1.29, 1.82) is 0 Å². The standard InChI is InChI=1S/C11H20N2O/c1-3-4-7-11(14)13-8-5-6-10(13)9-12-2/h3,10,12H,1,4-9H2,2H3. The zero-order valence-electron chi connectivity index (χ0n) is 8.96. The molecule has 1 N–H and O–H groups in total. The third-order valence-electron chi connectivity index (χ3n) is 2.70. The summed E-state index contributed by atoms with van der Waals surface area (Å²) in [6, 6.07) is 0.414. The predicted molar refractivity (Wildman–Crippen MR) is 58.1 cm³/mol. The number of rotatable bonds is 5. The first-order valence-electron chi connectivity index (χ1n) is 5.34. The average Bonchev–Trinajstić information content (AvgIpc) is 2.63. The molecule has 1 unspecified atom stereocenters. The highest BCUT2D eigenvalue weighted by atomic mass is 16.2. The van der Waals surface area contributed by atoms with Crippen LogP contribution in [0.25, 0.3) is 0 Å². The molecule has 1 fully saturated rings. The van der Waals surface area contributed by atoms with Crippen LogP contribution in [0.15, 0.2) is 12.7 Å². The Bertz CT molecular complexity index is 203. The molecule has 1 atom stereocenters. The van der Waals surface area contributed by atoms with Crippen molar-refractivity contribution in [2.24, 2.45) is 0 Å². The van der Waals surface area contributed by atoms with Crippen molar-refractivity contribution < 1.29 is 4.79 Å². The van der Waals surface area contributed by atoms with Gasteiger partial charge in [0.15, 0.2) is 0 Å². The number of likely N-dealkylation sites (tertiary alicyclic amines) is 1. The fraction of sp³-hybridized carbons (Fsp3) is 0.727. The number of carbonyl (C=O) groups is 1. The third-order valence-corrected chi connectivity index (χ3v) is 2.70. The van der Waals surface area contributed by atoms with Crippen LogP contribution in [0.5, 0.6) is 0 Å². The first kappa shape index (κ1) is 11.2. The smallest absolute Gasteiger partial charge is 0.223 e. The maximum Gasteiger partial charge on any atom is 0.223 e. The van der Waals surface area contributed by atoms with Crippen LogP contribution >= 0.6 is 0 Å². The normalized spacial score (nSPS) is 21.2. The van der Waals surface area contributed by atoms with Crippen LogP contribution < -0.4 is 5.32 Å². The van der Waals surface area contributed by atoms with E-state index in [2.05, 4.69) is 11.9 Å². The topological polar surface area (TPSA) is 32.3 Å². The molecule has 80 valence electrons. The quantitative estimate of drug-likeness (QED) is 0.669. The summed E-state index contributed by atoms with van der Waals surface area (Å²) in [5.74, 6) is 0.280. The van der Waals surface area contributed by atoms with E-state index in [1.165, 1.54) is 0 Å². The lowest BCUT2D eigenvalue weighted by molar-refractivity contribution is -0.131. The van der Waals surface area contributed by atoms with Crippen LogP contribution in [0.3, 0.4) is 0 Å². The number of amides is 1. The van der Waals surface area contributed by atoms with Gasteiger partial charge in [0.2, 0.25) is 5.91 Å². The molecule has 3 nitrogen and oxygen atoms in total. The summed E-state index contributed by atoms with van der Waals surface area (Å²) in [5, 5.41) is 3.14. The lowest BCUT2D eigenvalue weighted by Crippen LogP contribution is -2.40. The summed E-state index contributed by atoms with van der Waals surface area (Å²) in [6.45, 7) is 5.48. The van der Waals surface area contributed by atoms with Crippen molar-refractivity contribution >= 4 is 5.91 Å². The van der Waals surface area contributed by atoms with Crippen molar-refractivity contribution in [1.82, 2.24) is 10.2 Å². The van der Waals surface area contributed by atoms with Gasteiger partial charge >= 0.3 is 0 Å². The van der Waals surface area contributed by atoms with Gasteiger partial charge in [-0.25, -0.2) is 0 Å². The second kappa shape index (κ2) is 5.81. The van der Waals surface area contributed by atoms with E-state index < -0.39 is 0 Å². The van der Waals surface area contributed by atoms with Crippen LogP contribution in [-0.4, -0.2) is 37.0 Å².